The third kappa shape index (κ3) is 6.33. The molecule has 1 aromatic heterocycles. The normalized spacial score (nSPS) is 11.8. The Labute approximate surface area is 198 Å². The second-order valence-corrected chi connectivity index (χ2v) is 8.10. The molecule has 0 bridgehead atoms. The summed E-state index contributed by atoms with van der Waals surface area (Å²) in [7, 11) is 0. The Morgan fingerprint density at radius 2 is 1.68 bits per heavy atom. The van der Waals surface area contributed by atoms with Gasteiger partial charge in [0.05, 0.1) is 12.5 Å². The summed E-state index contributed by atoms with van der Waals surface area (Å²) in [6.07, 6.45) is 1.05. The highest BCUT2D eigenvalue weighted by atomic mass is 16.5. The minimum absolute atomic E-state index is 0.0303. The van der Waals surface area contributed by atoms with Gasteiger partial charge in [-0.05, 0) is 48.7 Å². The van der Waals surface area contributed by atoms with Crippen molar-refractivity contribution in [3.63, 3.8) is 0 Å². The van der Waals surface area contributed by atoms with Crippen molar-refractivity contribution in [2.75, 3.05) is 18.5 Å². The minimum atomic E-state index is -0.314. The van der Waals surface area contributed by atoms with Gasteiger partial charge in [-0.3, -0.25) is 9.59 Å². The van der Waals surface area contributed by atoms with Gasteiger partial charge < -0.3 is 19.8 Å². The highest BCUT2D eigenvalue weighted by molar-refractivity contribution is 6.04. The van der Waals surface area contributed by atoms with E-state index in [9.17, 15) is 9.59 Å². The maximum absolute atomic E-state index is 12.5. The number of hydrogen-bond donors (Lipinski definition) is 2. The number of para-hydroxylation sites is 1. The summed E-state index contributed by atoms with van der Waals surface area (Å²) < 4.78 is 11.4. The fraction of sp³-hybridized carbons (Fsp3) is 0.214. The molecule has 1 heterocycles. The molecule has 6 heteroatoms. The topological polar surface area (TPSA) is 80.6 Å². The predicted molar refractivity (Wildman–Crippen MR) is 133 cm³/mol. The average Bonchev–Trinajstić information content (AvgIpc) is 3.30. The molecule has 6 nitrogen and oxygen atoms in total. The standard InChI is InChI=1S/C28H28N2O4/c1-20(22-8-3-2-4-9-22)33-17-7-16-29-27(31)18-21-12-14-24(15-13-21)30-28(32)26-19-23-10-5-6-11-25(23)34-26/h2-6,8-15,19-20H,7,16-18H2,1H3,(H,29,31)(H,30,32). The fourth-order valence-electron chi connectivity index (χ4n) is 3.62. The van der Waals surface area contributed by atoms with Crippen LogP contribution in [0, 0.1) is 0 Å². The summed E-state index contributed by atoms with van der Waals surface area (Å²) in [6, 6.07) is 26.5. The van der Waals surface area contributed by atoms with Crippen molar-refractivity contribution in [3.8, 4) is 0 Å². The van der Waals surface area contributed by atoms with Crippen LogP contribution in [0.3, 0.4) is 0 Å². The number of benzene rings is 3. The van der Waals surface area contributed by atoms with Gasteiger partial charge in [-0.1, -0.05) is 60.7 Å². The molecule has 0 spiro atoms. The zero-order valence-corrected chi connectivity index (χ0v) is 19.1. The first-order valence-corrected chi connectivity index (χ1v) is 11.4. The maximum Gasteiger partial charge on any atom is 0.291 e. The van der Waals surface area contributed by atoms with Crippen LogP contribution in [-0.2, 0) is 16.0 Å². The molecule has 0 radical (unpaired) electrons. The van der Waals surface area contributed by atoms with Crippen LogP contribution in [0.1, 0.15) is 41.1 Å². The van der Waals surface area contributed by atoms with Crippen LogP contribution in [0.25, 0.3) is 11.0 Å². The van der Waals surface area contributed by atoms with Crippen LogP contribution < -0.4 is 10.6 Å². The highest BCUT2D eigenvalue weighted by Gasteiger charge is 2.12. The zero-order valence-electron chi connectivity index (χ0n) is 19.1. The van der Waals surface area contributed by atoms with Crippen LogP contribution in [0.2, 0.25) is 0 Å². The lowest BCUT2D eigenvalue weighted by Gasteiger charge is -2.13. The van der Waals surface area contributed by atoms with E-state index in [1.54, 1.807) is 18.2 Å². The molecule has 0 saturated heterocycles. The Balaban J connectivity index is 1.17. The number of fused-ring (bicyclic) bond motifs is 1. The molecule has 0 saturated carbocycles. The van der Waals surface area contributed by atoms with Gasteiger partial charge in [-0.2, -0.15) is 0 Å². The highest BCUT2D eigenvalue weighted by Crippen LogP contribution is 2.20. The molecule has 2 N–H and O–H groups in total. The Bertz CT molecular complexity index is 1200. The molecule has 0 aliphatic rings. The van der Waals surface area contributed by atoms with Gasteiger partial charge in [0.1, 0.15) is 5.58 Å². The van der Waals surface area contributed by atoms with E-state index in [-0.39, 0.29) is 30.1 Å². The van der Waals surface area contributed by atoms with Gasteiger partial charge in [0, 0.05) is 24.2 Å². The Morgan fingerprint density at radius 1 is 0.941 bits per heavy atom. The molecule has 34 heavy (non-hydrogen) atoms. The Kier molecular flexibility index (Phi) is 7.73. The summed E-state index contributed by atoms with van der Waals surface area (Å²) in [4.78, 5) is 24.7. The number of hydrogen-bond acceptors (Lipinski definition) is 4. The van der Waals surface area contributed by atoms with Crippen LogP contribution in [0.4, 0.5) is 5.69 Å². The molecule has 2 amide bonds. The number of rotatable bonds is 10. The monoisotopic (exact) mass is 456 g/mol. The smallest absolute Gasteiger partial charge is 0.291 e. The Morgan fingerprint density at radius 3 is 2.44 bits per heavy atom. The fourth-order valence-corrected chi connectivity index (χ4v) is 3.62. The second kappa shape index (κ2) is 11.3. The second-order valence-electron chi connectivity index (χ2n) is 8.10. The van der Waals surface area contributed by atoms with Crippen molar-refractivity contribution in [1.82, 2.24) is 5.32 Å². The van der Waals surface area contributed by atoms with Crippen LogP contribution in [0.15, 0.2) is 89.3 Å². The maximum atomic E-state index is 12.5. The first-order valence-electron chi connectivity index (χ1n) is 11.4. The molecule has 174 valence electrons. The third-order valence-corrected chi connectivity index (χ3v) is 5.51. The first kappa shape index (κ1) is 23.3. The molecule has 1 unspecified atom stereocenters. The molecular weight excluding hydrogens is 428 g/mol. The molecule has 1 atom stereocenters. The van der Waals surface area contributed by atoms with Gasteiger partial charge in [-0.15, -0.1) is 0 Å². The van der Waals surface area contributed by atoms with Crippen molar-refractivity contribution in [3.05, 3.63) is 102 Å². The number of ether oxygens (including phenoxy) is 1. The van der Waals surface area contributed by atoms with Crippen LogP contribution in [-0.4, -0.2) is 25.0 Å². The van der Waals surface area contributed by atoms with Crippen molar-refractivity contribution in [1.29, 1.82) is 0 Å². The number of anilines is 1. The van der Waals surface area contributed by atoms with Crippen molar-refractivity contribution < 1.29 is 18.7 Å². The van der Waals surface area contributed by atoms with E-state index >= 15 is 0 Å². The molecule has 4 rings (SSSR count). The lowest BCUT2D eigenvalue weighted by Crippen LogP contribution is -2.26. The van der Waals surface area contributed by atoms with E-state index in [0.717, 1.165) is 22.9 Å². The number of carbonyl (C=O) groups is 2. The molecule has 3 aromatic carbocycles. The van der Waals surface area contributed by atoms with Crippen LogP contribution in [0.5, 0.6) is 0 Å². The molecule has 0 fully saturated rings. The zero-order chi connectivity index (χ0) is 23.8. The largest absolute Gasteiger partial charge is 0.451 e. The van der Waals surface area contributed by atoms with E-state index in [1.165, 1.54) is 0 Å². The van der Waals surface area contributed by atoms with Gasteiger partial charge in [0.15, 0.2) is 5.76 Å². The van der Waals surface area contributed by atoms with Crippen molar-refractivity contribution in [2.45, 2.75) is 25.9 Å². The summed E-state index contributed by atoms with van der Waals surface area (Å²) in [5.41, 5.74) is 3.32. The minimum Gasteiger partial charge on any atom is -0.451 e. The molecule has 0 aliphatic carbocycles. The number of amides is 2. The van der Waals surface area contributed by atoms with Crippen LogP contribution >= 0.6 is 0 Å². The quantitative estimate of drug-likeness (QED) is 0.308. The van der Waals surface area contributed by atoms with Gasteiger partial charge >= 0.3 is 0 Å². The average molecular weight is 457 g/mol. The number of furan rings is 1. The lowest BCUT2D eigenvalue weighted by molar-refractivity contribution is -0.120. The van der Waals surface area contributed by atoms with Crippen molar-refractivity contribution >= 4 is 28.5 Å². The summed E-state index contributed by atoms with van der Waals surface area (Å²) in [5.74, 6) is -0.104. The van der Waals surface area contributed by atoms with Gasteiger partial charge in [-0.25, -0.2) is 0 Å². The third-order valence-electron chi connectivity index (χ3n) is 5.51. The predicted octanol–water partition coefficient (Wildman–Crippen LogP) is 5.51. The summed E-state index contributed by atoms with van der Waals surface area (Å²) >= 11 is 0. The van der Waals surface area contributed by atoms with E-state index in [4.69, 9.17) is 9.15 Å². The lowest BCUT2D eigenvalue weighted by atomic mass is 10.1. The number of nitrogens with one attached hydrogen (secondary N) is 2. The number of carbonyl (C=O) groups excluding carboxylic acids is 2. The molecular formula is C28H28N2O4. The van der Waals surface area contributed by atoms with E-state index in [1.807, 2.05) is 73.7 Å². The van der Waals surface area contributed by atoms with E-state index in [2.05, 4.69) is 10.6 Å². The van der Waals surface area contributed by atoms with Crippen molar-refractivity contribution in [2.24, 2.45) is 0 Å². The molecule has 0 aliphatic heterocycles. The summed E-state index contributed by atoms with van der Waals surface area (Å²) in [6.45, 7) is 3.17. The first-order chi connectivity index (χ1) is 16.6. The van der Waals surface area contributed by atoms with E-state index < -0.39 is 0 Å². The van der Waals surface area contributed by atoms with E-state index in [0.29, 0.717) is 24.4 Å². The summed E-state index contributed by atoms with van der Waals surface area (Å²) in [5, 5.41) is 6.63. The van der Waals surface area contributed by atoms with Gasteiger partial charge in [0.25, 0.3) is 5.91 Å². The molecule has 4 aromatic rings. The van der Waals surface area contributed by atoms with Gasteiger partial charge in [0.2, 0.25) is 5.91 Å². The Hall–Kier alpha value is -3.90. The SMILES string of the molecule is CC(OCCCNC(=O)Cc1ccc(NC(=O)c2cc3ccccc3o2)cc1)c1ccccc1.